The number of hydrogen-bond acceptors (Lipinski definition) is 7. The first-order valence-electron chi connectivity index (χ1n) is 22.4. The van der Waals surface area contributed by atoms with Gasteiger partial charge in [-0.1, -0.05) is 167 Å². The lowest BCUT2D eigenvalue weighted by atomic mass is 10.0. The zero-order chi connectivity index (χ0) is 40.0. The summed E-state index contributed by atoms with van der Waals surface area (Å²) in [6.07, 6.45) is 38.2. The van der Waals surface area contributed by atoms with E-state index in [-0.39, 0.29) is 25.6 Å². The number of ether oxygens (including phenoxy) is 2. The van der Waals surface area contributed by atoms with Crippen LogP contribution in [0.1, 0.15) is 206 Å². The molecule has 0 aromatic rings. The lowest BCUT2D eigenvalue weighted by Crippen LogP contribution is -2.37. The highest BCUT2D eigenvalue weighted by Gasteiger charge is 2.27. The van der Waals surface area contributed by atoms with Gasteiger partial charge in [0.2, 0.25) is 0 Å². The molecule has 2 unspecified atom stereocenters. The van der Waals surface area contributed by atoms with Crippen molar-refractivity contribution in [2.24, 2.45) is 0 Å². The van der Waals surface area contributed by atoms with Crippen LogP contribution in [0.3, 0.4) is 0 Å². The molecule has 0 aliphatic carbocycles. The number of phosphoric acid groups is 1. The van der Waals surface area contributed by atoms with Crippen molar-refractivity contribution in [3.63, 3.8) is 0 Å². The van der Waals surface area contributed by atoms with E-state index in [1.54, 1.807) is 0 Å². The minimum Gasteiger partial charge on any atom is -0.462 e. The summed E-state index contributed by atoms with van der Waals surface area (Å²) in [6.45, 7) is 4.43. The largest absolute Gasteiger partial charge is 0.472 e. The number of phosphoric ester groups is 1. The fourth-order valence-corrected chi connectivity index (χ4v) is 6.99. The zero-order valence-electron chi connectivity index (χ0n) is 36.0. The van der Waals surface area contributed by atoms with Crippen LogP contribution in [0.2, 0.25) is 0 Å². The van der Waals surface area contributed by atoms with Crippen LogP contribution < -0.4 is 0 Å². The summed E-state index contributed by atoms with van der Waals surface area (Å²) in [5.41, 5.74) is 0. The van der Waals surface area contributed by atoms with Crippen LogP contribution in [-0.2, 0) is 32.7 Å². The molecule has 0 saturated heterocycles. The minimum absolute atomic E-state index is 0.0339. The highest BCUT2D eigenvalue weighted by Crippen LogP contribution is 2.43. The normalized spacial score (nSPS) is 13.7. The molecule has 0 aliphatic heterocycles. The SMILES string of the molecule is CCCCCC/C=C/CCCCCCCCCC(=O)OC(COC(=O)CCCCCCCCCCCCCCCCC)COP(=O)(O)OCC[N+](C)(C)C. The topological polar surface area (TPSA) is 108 Å². The Bertz CT molecular complexity index is 938. The lowest BCUT2D eigenvalue weighted by molar-refractivity contribution is -0.870. The highest BCUT2D eigenvalue weighted by molar-refractivity contribution is 7.47. The third-order valence-electron chi connectivity index (χ3n) is 9.80. The number of hydrogen-bond donors (Lipinski definition) is 1. The van der Waals surface area contributed by atoms with Crippen molar-refractivity contribution in [2.45, 2.75) is 213 Å². The number of carbonyl (C=O) groups is 2. The lowest BCUT2D eigenvalue weighted by Gasteiger charge is -2.24. The Labute approximate surface area is 333 Å². The first-order chi connectivity index (χ1) is 26.0. The molecule has 54 heavy (non-hydrogen) atoms. The molecule has 0 rings (SSSR count). The number of esters is 2. The van der Waals surface area contributed by atoms with Crippen LogP contribution in [0.15, 0.2) is 12.2 Å². The summed E-state index contributed by atoms with van der Waals surface area (Å²) in [6, 6.07) is 0. The number of allylic oxidation sites excluding steroid dienone is 2. The average Bonchev–Trinajstić information content (AvgIpc) is 3.12. The van der Waals surface area contributed by atoms with Gasteiger partial charge in [0.1, 0.15) is 19.8 Å². The van der Waals surface area contributed by atoms with Crippen molar-refractivity contribution in [3.8, 4) is 0 Å². The smallest absolute Gasteiger partial charge is 0.462 e. The Hall–Kier alpha value is -1.25. The molecular formula is C44H87NO8P+. The number of carbonyl (C=O) groups excluding carboxylic acids is 2. The quantitative estimate of drug-likeness (QED) is 0.0214. The second-order valence-corrected chi connectivity index (χ2v) is 17.9. The molecule has 1 N–H and O–H groups in total. The van der Waals surface area contributed by atoms with Crippen molar-refractivity contribution in [1.82, 2.24) is 0 Å². The van der Waals surface area contributed by atoms with Crippen LogP contribution in [0, 0.1) is 0 Å². The Morgan fingerprint density at radius 3 is 1.39 bits per heavy atom. The van der Waals surface area contributed by atoms with E-state index in [1.165, 1.54) is 128 Å². The van der Waals surface area contributed by atoms with E-state index in [0.717, 1.165) is 44.9 Å². The van der Waals surface area contributed by atoms with Gasteiger partial charge in [0.05, 0.1) is 27.7 Å². The first-order valence-corrected chi connectivity index (χ1v) is 23.9. The second kappa shape index (κ2) is 37.3. The number of nitrogens with zero attached hydrogens (tertiary/aromatic N) is 1. The van der Waals surface area contributed by atoms with E-state index >= 15 is 0 Å². The first kappa shape index (κ1) is 52.8. The number of likely N-dealkylation sites (N-methyl/N-ethyl adjacent to an activating group) is 1. The fraction of sp³-hybridized carbons (Fsp3) is 0.909. The molecule has 9 nitrogen and oxygen atoms in total. The van der Waals surface area contributed by atoms with Crippen molar-refractivity contribution < 1.29 is 42.1 Å². The molecule has 0 aromatic carbocycles. The summed E-state index contributed by atoms with van der Waals surface area (Å²) < 4.78 is 34.3. The molecule has 320 valence electrons. The maximum Gasteiger partial charge on any atom is 0.472 e. The summed E-state index contributed by atoms with van der Waals surface area (Å²) >= 11 is 0. The van der Waals surface area contributed by atoms with Gasteiger partial charge in [0.25, 0.3) is 0 Å². The van der Waals surface area contributed by atoms with Gasteiger partial charge in [-0.05, 0) is 38.5 Å². The molecule has 0 fully saturated rings. The molecule has 0 bridgehead atoms. The molecule has 0 radical (unpaired) electrons. The molecule has 10 heteroatoms. The second-order valence-electron chi connectivity index (χ2n) is 16.4. The van der Waals surface area contributed by atoms with Crippen molar-refractivity contribution >= 4 is 19.8 Å². The maximum atomic E-state index is 12.7. The van der Waals surface area contributed by atoms with Gasteiger partial charge in [0.15, 0.2) is 6.10 Å². The molecule has 0 amide bonds. The van der Waals surface area contributed by atoms with E-state index in [9.17, 15) is 19.0 Å². The predicted molar refractivity (Wildman–Crippen MR) is 224 cm³/mol. The Balaban J connectivity index is 4.33. The van der Waals surface area contributed by atoms with E-state index < -0.39 is 26.5 Å². The standard InChI is InChI=1S/C44H86NO8P/c1-6-8-10-12-14-16-18-20-22-24-26-28-30-32-34-36-43(46)50-40-42(41-52-54(48,49)51-39-38-45(3,4)5)53-44(47)37-35-33-31-29-27-25-23-21-19-17-15-13-11-9-7-2/h17,19,42H,6-16,18,20-41H2,1-5H3/p+1/b19-17+. The fourth-order valence-electron chi connectivity index (χ4n) is 6.24. The van der Waals surface area contributed by atoms with Crippen LogP contribution in [-0.4, -0.2) is 74.9 Å². The van der Waals surface area contributed by atoms with Crippen molar-refractivity contribution in [1.29, 1.82) is 0 Å². The number of quaternary nitrogens is 1. The monoisotopic (exact) mass is 789 g/mol. The third-order valence-corrected chi connectivity index (χ3v) is 10.8. The van der Waals surface area contributed by atoms with Gasteiger partial charge in [-0.3, -0.25) is 18.6 Å². The van der Waals surface area contributed by atoms with Crippen LogP contribution in [0.4, 0.5) is 0 Å². The van der Waals surface area contributed by atoms with Gasteiger partial charge in [-0.15, -0.1) is 0 Å². The zero-order valence-corrected chi connectivity index (χ0v) is 36.9. The summed E-state index contributed by atoms with van der Waals surface area (Å²) in [5.74, 6) is -0.794. The third kappa shape index (κ3) is 40.4. The average molecular weight is 789 g/mol. The van der Waals surface area contributed by atoms with Gasteiger partial charge < -0.3 is 18.9 Å². The summed E-state index contributed by atoms with van der Waals surface area (Å²) in [5, 5.41) is 0. The van der Waals surface area contributed by atoms with E-state index in [0.29, 0.717) is 23.9 Å². The van der Waals surface area contributed by atoms with Gasteiger partial charge in [0, 0.05) is 12.8 Å². The van der Waals surface area contributed by atoms with Gasteiger partial charge >= 0.3 is 19.8 Å². The van der Waals surface area contributed by atoms with Crippen LogP contribution in [0.5, 0.6) is 0 Å². The van der Waals surface area contributed by atoms with E-state index in [4.69, 9.17) is 18.5 Å². The molecular weight excluding hydrogens is 701 g/mol. The number of unbranched alkanes of at least 4 members (excludes halogenated alkanes) is 25. The summed E-state index contributed by atoms with van der Waals surface area (Å²) in [7, 11) is 1.48. The van der Waals surface area contributed by atoms with Gasteiger partial charge in [-0.25, -0.2) is 4.57 Å². The van der Waals surface area contributed by atoms with E-state index in [2.05, 4.69) is 26.0 Å². The predicted octanol–water partition coefficient (Wildman–Crippen LogP) is 12.6. The maximum absolute atomic E-state index is 12.7. The van der Waals surface area contributed by atoms with Crippen molar-refractivity contribution in [2.75, 3.05) is 47.5 Å². The molecule has 0 aliphatic rings. The van der Waals surface area contributed by atoms with Crippen LogP contribution in [0.25, 0.3) is 0 Å². The highest BCUT2D eigenvalue weighted by atomic mass is 31.2. The van der Waals surface area contributed by atoms with Crippen LogP contribution >= 0.6 is 7.82 Å². The molecule has 0 aromatic heterocycles. The molecule has 2 atom stereocenters. The Morgan fingerprint density at radius 2 is 0.944 bits per heavy atom. The Morgan fingerprint density at radius 1 is 0.556 bits per heavy atom. The minimum atomic E-state index is -4.37. The Kier molecular flexibility index (Phi) is 36.5. The summed E-state index contributed by atoms with van der Waals surface area (Å²) in [4.78, 5) is 35.4. The molecule has 0 saturated carbocycles. The molecule has 0 spiro atoms. The van der Waals surface area contributed by atoms with E-state index in [1.807, 2.05) is 21.1 Å². The van der Waals surface area contributed by atoms with Crippen molar-refractivity contribution in [3.05, 3.63) is 12.2 Å². The molecule has 0 heterocycles. The number of rotatable bonds is 41. The van der Waals surface area contributed by atoms with Gasteiger partial charge in [-0.2, -0.15) is 0 Å².